The van der Waals surface area contributed by atoms with Gasteiger partial charge < -0.3 is 4.98 Å². The van der Waals surface area contributed by atoms with Gasteiger partial charge in [-0.25, -0.2) is 9.79 Å². The van der Waals surface area contributed by atoms with Crippen molar-refractivity contribution >= 4 is 17.0 Å². The van der Waals surface area contributed by atoms with Gasteiger partial charge in [0.1, 0.15) is 0 Å². The minimum absolute atomic E-state index is 0.0474. The van der Waals surface area contributed by atoms with Gasteiger partial charge >= 0.3 is 0 Å². The van der Waals surface area contributed by atoms with E-state index in [1.54, 1.807) is 6.08 Å². The number of H-pyrrole nitrogens is 1. The van der Waals surface area contributed by atoms with Gasteiger partial charge in [0.2, 0.25) is 6.08 Å². The van der Waals surface area contributed by atoms with Gasteiger partial charge in [0, 0.05) is 17.1 Å². The maximum absolute atomic E-state index is 10.1. The molecule has 0 spiro atoms. The van der Waals surface area contributed by atoms with E-state index in [1.807, 2.05) is 25.3 Å². The van der Waals surface area contributed by atoms with Crippen LogP contribution in [0.15, 0.2) is 35.5 Å². The summed E-state index contributed by atoms with van der Waals surface area (Å²) < 4.78 is 0. The van der Waals surface area contributed by atoms with E-state index < -0.39 is 0 Å². The van der Waals surface area contributed by atoms with Gasteiger partial charge in [-0.3, -0.25) is 0 Å². The van der Waals surface area contributed by atoms with Gasteiger partial charge in [-0.15, -0.1) is 0 Å². The lowest BCUT2D eigenvalue weighted by Gasteiger charge is -2.02. The molecule has 1 N–H and O–H groups in total. The second kappa shape index (κ2) is 4.77. The standard InChI is InChI=1S/C13H14N2O/c1-10(15-9-16)6-7-11-8-14-13-5-3-2-4-12(11)13/h2-5,8,10,14H,6-7H2,1H3. The summed E-state index contributed by atoms with van der Waals surface area (Å²) in [6, 6.07) is 8.26. The average Bonchev–Trinajstić information content (AvgIpc) is 2.70. The van der Waals surface area contributed by atoms with Gasteiger partial charge in [0.05, 0.1) is 6.04 Å². The Morgan fingerprint density at radius 1 is 1.44 bits per heavy atom. The van der Waals surface area contributed by atoms with Crippen LogP contribution in [0.25, 0.3) is 10.9 Å². The van der Waals surface area contributed by atoms with Crippen LogP contribution >= 0.6 is 0 Å². The second-order valence-electron chi connectivity index (χ2n) is 3.97. The maximum atomic E-state index is 10.1. The molecule has 1 heterocycles. The number of nitrogens with one attached hydrogen (secondary N) is 1. The minimum Gasteiger partial charge on any atom is -0.361 e. The average molecular weight is 214 g/mol. The predicted octanol–water partition coefficient (Wildman–Crippen LogP) is 2.82. The number of rotatable bonds is 4. The number of fused-ring (bicyclic) bond motifs is 1. The number of isocyanates is 1. The van der Waals surface area contributed by atoms with Crippen LogP contribution in [0.1, 0.15) is 18.9 Å². The summed E-state index contributed by atoms with van der Waals surface area (Å²) >= 11 is 0. The van der Waals surface area contributed by atoms with Crippen LogP contribution in [0.3, 0.4) is 0 Å². The molecular formula is C13H14N2O. The van der Waals surface area contributed by atoms with Crippen molar-refractivity contribution in [2.24, 2.45) is 4.99 Å². The minimum atomic E-state index is 0.0474. The Labute approximate surface area is 94.2 Å². The third-order valence-corrected chi connectivity index (χ3v) is 2.78. The number of aromatic amines is 1. The molecule has 0 amide bonds. The van der Waals surface area contributed by atoms with Crippen LogP contribution in [0.2, 0.25) is 0 Å². The zero-order chi connectivity index (χ0) is 11.4. The highest BCUT2D eigenvalue weighted by Crippen LogP contribution is 2.19. The lowest BCUT2D eigenvalue weighted by atomic mass is 10.1. The Kier molecular flexibility index (Phi) is 3.18. The van der Waals surface area contributed by atoms with E-state index in [9.17, 15) is 4.79 Å². The van der Waals surface area contributed by atoms with Crippen LogP contribution < -0.4 is 0 Å². The van der Waals surface area contributed by atoms with Crippen LogP contribution in [0.4, 0.5) is 0 Å². The summed E-state index contributed by atoms with van der Waals surface area (Å²) in [7, 11) is 0. The molecule has 0 aliphatic heterocycles. The zero-order valence-corrected chi connectivity index (χ0v) is 9.23. The summed E-state index contributed by atoms with van der Waals surface area (Å²) in [5.74, 6) is 0. The fourth-order valence-corrected chi connectivity index (χ4v) is 1.86. The van der Waals surface area contributed by atoms with Crippen molar-refractivity contribution in [2.75, 3.05) is 0 Å². The van der Waals surface area contributed by atoms with Crippen molar-refractivity contribution < 1.29 is 4.79 Å². The Bertz CT molecular complexity index is 523. The number of aliphatic imine (C=N–C) groups is 1. The van der Waals surface area contributed by atoms with Crippen molar-refractivity contribution in [2.45, 2.75) is 25.8 Å². The topological polar surface area (TPSA) is 45.2 Å². The fourth-order valence-electron chi connectivity index (χ4n) is 1.86. The lowest BCUT2D eigenvalue weighted by molar-refractivity contribution is 0.555. The van der Waals surface area contributed by atoms with Gasteiger partial charge in [-0.1, -0.05) is 18.2 Å². The first kappa shape index (κ1) is 10.7. The highest BCUT2D eigenvalue weighted by Gasteiger charge is 2.05. The monoisotopic (exact) mass is 214 g/mol. The third kappa shape index (κ3) is 2.20. The first-order valence-electron chi connectivity index (χ1n) is 5.43. The van der Waals surface area contributed by atoms with E-state index >= 15 is 0 Å². The number of hydrogen-bond acceptors (Lipinski definition) is 2. The molecule has 2 aromatic rings. The molecule has 1 aromatic heterocycles. The summed E-state index contributed by atoms with van der Waals surface area (Å²) in [5.41, 5.74) is 2.44. The highest BCUT2D eigenvalue weighted by molar-refractivity contribution is 5.82. The third-order valence-electron chi connectivity index (χ3n) is 2.78. The first-order chi connectivity index (χ1) is 7.81. The summed E-state index contributed by atoms with van der Waals surface area (Å²) in [5, 5.41) is 1.25. The van der Waals surface area contributed by atoms with Crippen LogP contribution in [-0.4, -0.2) is 17.1 Å². The molecule has 1 unspecified atom stereocenters. The van der Waals surface area contributed by atoms with Gasteiger partial charge in [-0.05, 0) is 31.4 Å². The Hall–Kier alpha value is -1.86. The number of para-hydroxylation sites is 1. The van der Waals surface area contributed by atoms with Crippen molar-refractivity contribution in [3.05, 3.63) is 36.0 Å². The fraction of sp³-hybridized carbons (Fsp3) is 0.308. The largest absolute Gasteiger partial charge is 0.361 e. The first-order valence-corrected chi connectivity index (χ1v) is 5.43. The predicted molar refractivity (Wildman–Crippen MR) is 64.2 cm³/mol. The van der Waals surface area contributed by atoms with E-state index in [2.05, 4.69) is 22.1 Å². The molecule has 16 heavy (non-hydrogen) atoms. The molecule has 0 aliphatic rings. The molecule has 3 nitrogen and oxygen atoms in total. The molecule has 2 rings (SSSR count). The van der Waals surface area contributed by atoms with Gasteiger partial charge in [0.15, 0.2) is 0 Å². The molecule has 0 saturated carbocycles. The zero-order valence-electron chi connectivity index (χ0n) is 9.23. The maximum Gasteiger partial charge on any atom is 0.235 e. The molecule has 82 valence electrons. The molecule has 1 aromatic carbocycles. The van der Waals surface area contributed by atoms with Gasteiger partial charge in [0.25, 0.3) is 0 Å². The van der Waals surface area contributed by atoms with Gasteiger partial charge in [-0.2, -0.15) is 0 Å². The molecular weight excluding hydrogens is 200 g/mol. The molecule has 0 aliphatic carbocycles. The number of benzene rings is 1. The lowest BCUT2D eigenvalue weighted by Crippen LogP contribution is -1.99. The molecule has 0 fully saturated rings. The number of aryl methyl sites for hydroxylation is 1. The van der Waals surface area contributed by atoms with E-state index in [0.717, 1.165) is 18.4 Å². The molecule has 3 heteroatoms. The smallest absolute Gasteiger partial charge is 0.235 e. The van der Waals surface area contributed by atoms with Crippen LogP contribution in [0, 0.1) is 0 Å². The normalized spacial score (nSPS) is 12.3. The Morgan fingerprint density at radius 2 is 2.25 bits per heavy atom. The summed E-state index contributed by atoms with van der Waals surface area (Å²) in [4.78, 5) is 17.0. The Morgan fingerprint density at radius 3 is 3.06 bits per heavy atom. The molecule has 0 radical (unpaired) electrons. The van der Waals surface area contributed by atoms with E-state index in [4.69, 9.17) is 0 Å². The van der Waals surface area contributed by atoms with E-state index in [0.29, 0.717) is 0 Å². The Balaban J connectivity index is 2.12. The molecule has 0 saturated heterocycles. The SMILES string of the molecule is CC(CCc1c[nH]c2ccccc12)N=C=O. The summed E-state index contributed by atoms with van der Waals surface area (Å²) in [6.45, 7) is 1.93. The number of hydrogen-bond donors (Lipinski definition) is 1. The molecule has 0 bridgehead atoms. The van der Waals surface area contributed by atoms with Crippen molar-refractivity contribution in [3.63, 3.8) is 0 Å². The highest BCUT2D eigenvalue weighted by atomic mass is 16.1. The van der Waals surface area contributed by atoms with E-state index in [-0.39, 0.29) is 6.04 Å². The molecule has 1 atom stereocenters. The second-order valence-corrected chi connectivity index (χ2v) is 3.97. The summed E-state index contributed by atoms with van der Waals surface area (Å²) in [6.07, 6.45) is 5.43. The van der Waals surface area contributed by atoms with Crippen molar-refractivity contribution in [1.29, 1.82) is 0 Å². The quantitative estimate of drug-likeness (QED) is 0.617. The number of nitrogens with zero attached hydrogens (tertiary/aromatic N) is 1. The number of aromatic nitrogens is 1. The van der Waals surface area contributed by atoms with E-state index in [1.165, 1.54) is 10.9 Å². The van der Waals surface area contributed by atoms with Crippen LogP contribution in [-0.2, 0) is 11.2 Å². The van der Waals surface area contributed by atoms with Crippen molar-refractivity contribution in [1.82, 2.24) is 4.98 Å². The van der Waals surface area contributed by atoms with Crippen LogP contribution in [0.5, 0.6) is 0 Å². The van der Waals surface area contributed by atoms with Crippen molar-refractivity contribution in [3.8, 4) is 0 Å². The number of carbonyl (C=O) groups excluding carboxylic acids is 1.